The first kappa shape index (κ1) is 54.3. The highest BCUT2D eigenvalue weighted by molar-refractivity contribution is 7.97. The van der Waals surface area contributed by atoms with Crippen LogP contribution in [0.15, 0.2) is 99.6 Å². The van der Waals surface area contributed by atoms with E-state index < -0.39 is 0 Å². The van der Waals surface area contributed by atoms with Crippen molar-refractivity contribution >= 4 is 72.1 Å². The zero-order valence-electron chi connectivity index (χ0n) is 46.6. The van der Waals surface area contributed by atoms with Crippen LogP contribution < -0.4 is 14.2 Å². The second-order valence-electron chi connectivity index (χ2n) is 24.9. The van der Waals surface area contributed by atoms with E-state index in [1.807, 2.05) is 12.1 Å². The molecule has 3 heterocycles. The summed E-state index contributed by atoms with van der Waals surface area (Å²) < 4.78 is 28.4. The van der Waals surface area contributed by atoms with Crippen molar-refractivity contribution in [2.75, 3.05) is 54.8 Å². The van der Waals surface area contributed by atoms with Gasteiger partial charge in [0.15, 0.2) is 27.9 Å². The minimum atomic E-state index is -0.360. The average molecular weight is 1110 g/mol. The van der Waals surface area contributed by atoms with E-state index in [4.69, 9.17) is 18.9 Å². The standard InChI is InChI=1S/C26H31O3S.C24H33O2S.C17H19O3S/c27-25(29-26-19-12-17-11-18(14-19)15-20(26)13-17)16-28-23-7-8-24(30-9-3-4-10-30)22-6-2-1-5-21(22)23;1-16-8-21(27-6-4-3-5-7-27)9-17(2)22(16)26-23(25)24-13-18-10-19(14-24)12-20(11-18)15-24;1-19-17(18)12-20-15-8-9-16(21-10-4-5-11-21)14-7-3-2-6-13(14)15/h1-2,5-8,17-20,26H,3-4,9-16H2;8-9,18-20H,3-7,10-15H2,1-2H3;2-3,6-9H,4-5,10-12H2,1H3/q3*+1. The Balaban J connectivity index is 0.000000119. The summed E-state index contributed by atoms with van der Waals surface area (Å²) in [7, 11) is 2.49. The van der Waals surface area contributed by atoms with Crippen molar-refractivity contribution in [2.24, 2.45) is 46.8 Å². The Morgan fingerprint density at radius 1 is 0.500 bits per heavy atom. The van der Waals surface area contributed by atoms with Gasteiger partial charge in [0.1, 0.15) is 57.9 Å². The first-order valence-corrected chi connectivity index (χ1v) is 34.7. The predicted octanol–water partition coefficient (Wildman–Crippen LogP) is 14.1. The first-order chi connectivity index (χ1) is 38.1. The summed E-state index contributed by atoms with van der Waals surface area (Å²) in [4.78, 5) is 41.7. The van der Waals surface area contributed by atoms with Gasteiger partial charge < -0.3 is 23.7 Å². The molecule has 8 nitrogen and oxygen atoms in total. The number of ether oxygens (including phenoxy) is 5. The maximum absolute atomic E-state index is 13.3. The molecule has 16 rings (SSSR count). The van der Waals surface area contributed by atoms with E-state index in [1.165, 1.54) is 163 Å². The number of aryl methyl sites for hydroxylation is 2. The van der Waals surface area contributed by atoms with Gasteiger partial charge >= 0.3 is 17.9 Å². The molecule has 8 aliphatic carbocycles. The minimum absolute atomic E-state index is 0.0118. The predicted molar refractivity (Wildman–Crippen MR) is 318 cm³/mol. The smallest absolute Gasteiger partial charge is 0.344 e. The fraction of sp³-hybridized carbons (Fsp3) is 0.567. The van der Waals surface area contributed by atoms with Crippen LogP contribution in [0.2, 0.25) is 0 Å². The monoisotopic (exact) mass is 1110 g/mol. The average Bonchev–Trinajstić information content (AvgIpc) is 4.34. The Bertz CT molecular complexity index is 2880. The molecule has 11 heteroatoms. The van der Waals surface area contributed by atoms with E-state index in [0.717, 1.165) is 88.0 Å². The largest absolute Gasteiger partial charge is 0.481 e. The topological polar surface area (TPSA) is 97.4 Å². The molecule has 3 saturated heterocycles. The summed E-state index contributed by atoms with van der Waals surface area (Å²) in [5.41, 5.74) is 2.14. The van der Waals surface area contributed by atoms with Crippen LogP contribution in [0.1, 0.15) is 127 Å². The normalized spacial score (nSPS) is 28.9. The van der Waals surface area contributed by atoms with Gasteiger partial charge in [0.05, 0.1) is 12.5 Å². The lowest BCUT2D eigenvalue weighted by molar-refractivity contribution is -0.172. The van der Waals surface area contributed by atoms with Gasteiger partial charge in [-0.05, 0) is 231 Å². The Hall–Kier alpha value is -4.32. The molecule has 3 aliphatic heterocycles. The number of methoxy groups -OCH3 is 1. The van der Waals surface area contributed by atoms with Crippen molar-refractivity contribution in [3.63, 3.8) is 0 Å². The molecule has 0 N–H and O–H groups in total. The van der Waals surface area contributed by atoms with Crippen LogP contribution in [0.4, 0.5) is 0 Å². The molecule has 8 bridgehead atoms. The van der Waals surface area contributed by atoms with Gasteiger partial charge in [-0.2, -0.15) is 0 Å². The van der Waals surface area contributed by atoms with Crippen molar-refractivity contribution in [3.8, 4) is 17.2 Å². The number of hydrogen-bond acceptors (Lipinski definition) is 8. The fourth-order valence-electron chi connectivity index (χ4n) is 16.4. The van der Waals surface area contributed by atoms with Crippen molar-refractivity contribution in [1.82, 2.24) is 0 Å². The Morgan fingerprint density at radius 3 is 1.40 bits per heavy atom. The Kier molecular flexibility index (Phi) is 16.7. The number of carbonyl (C=O) groups is 3. The molecule has 5 aromatic rings. The van der Waals surface area contributed by atoms with Crippen LogP contribution in [-0.2, 0) is 56.5 Å². The lowest BCUT2D eigenvalue weighted by Crippen LogP contribution is -2.51. The Morgan fingerprint density at radius 2 is 0.923 bits per heavy atom. The van der Waals surface area contributed by atoms with Crippen LogP contribution in [0.25, 0.3) is 21.5 Å². The molecule has 8 saturated carbocycles. The lowest BCUT2D eigenvalue weighted by Gasteiger charge is -2.55. The number of benzene rings is 5. The summed E-state index contributed by atoms with van der Waals surface area (Å²) >= 11 is 0. The van der Waals surface area contributed by atoms with E-state index in [1.54, 1.807) is 0 Å². The molecule has 0 unspecified atom stereocenters. The SMILES string of the molecule is COC(=O)COc1ccc([S+]2CCCC2)c2ccccc12.Cc1cc([S+]2CCCCC2)cc(C)c1OC(=O)C12CC3CC(CC(C3)C1)C2.O=C(COc1ccc([S+]2CCCC2)c2ccccc12)OC1C2CC3CC(C2)CC1C3. The van der Waals surface area contributed by atoms with Crippen LogP contribution in [0.3, 0.4) is 0 Å². The summed E-state index contributed by atoms with van der Waals surface area (Å²) in [5.74, 6) is 15.1. The summed E-state index contributed by atoms with van der Waals surface area (Å²) in [6.07, 6.45) is 23.4. The van der Waals surface area contributed by atoms with Crippen LogP contribution in [0, 0.1) is 60.7 Å². The third kappa shape index (κ3) is 11.7. The van der Waals surface area contributed by atoms with E-state index in [2.05, 4.69) is 91.4 Å². The summed E-state index contributed by atoms with van der Waals surface area (Å²) in [5, 5.41) is 4.75. The highest BCUT2D eigenvalue weighted by Crippen LogP contribution is 2.61. The number of hydrogen-bond donors (Lipinski definition) is 0. The van der Waals surface area contributed by atoms with Crippen LogP contribution >= 0.6 is 0 Å². The van der Waals surface area contributed by atoms with E-state index >= 15 is 0 Å². The molecule has 5 aromatic carbocycles. The second-order valence-corrected chi connectivity index (χ2v) is 31.7. The van der Waals surface area contributed by atoms with E-state index in [9.17, 15) is 14.4 Å². The van der Waals surface area contributed by atoms with E-state index in [-0.39, 0.29) is 42.6 Å². The quantitative estimate of drug-likeness (QED) is 0.0692. The van der Waals surface area contributed by atoms with Crippen molar-refractivity contribution in [2.45, 2.75) is 150 Å². The highest BCUT2D eigenvalue weighted by Gasteiger charge is 2.56. The zero-order valence-corrected chi connectivity index (χ0v) is 49.0. The van der Waals surface area contributed by atoms with Gasteiger partial charge in [0, 0.05) is 54.2 Å². The third-order valence-electron chi connectivity index (χ3n) is 19.4. The Labute approximate surface area is 472 Å². The van der Waals surface area contributed by atoms with Gasteiger partial charge in [0.2, 0.25) is 0 Å². The van der Waals surface area contributed by atoms with Gasteiger partial charge in [-0.15, -0.1) is 0 Å². The van der Waals surface area contributed by atoms with Crippen molar-refractivity contribution < 1.29 is 38.1 Å². The lowest BCUT2D eigenvalue weighted by atomic mass is 9.49. The van der Waals surface area contributed by atoms with Gasteiger partial charge in [-0.3, -0.25) is 4.79 Å². The number of fused-ring (bicyclic) bond motifs is 2. The summed E-state index contributed by atoms with van der Waals surface area (Å²) in [6, 6.07) is 29.9. The molecule has 78 heavy (non-hydrogen) atoms. The van der Waals surface area contributed by atoms with Crippen molar-refractivity contribution in [1.29, 1.82) is 0 Å². The minimum Gasteiger partial charge on any atom is -0.481 e. The fourth-order valence-corrected chi connectivity index (χ4v) is 23.9. The molecule has 0 spiro atoms. The highest BCUT2D eigenvalue weighted by atomic mass is 32.2. The number of rotatable bonds is 12. The van der Waals surface area contributed by atoms with Crippen molar-refractivity contribution in [3.05, 3.63) is 96.1 Å². The maximum atomic E-state index is 13.3. The third-order valence-corrected chi connectivity index (χ3v) is 27.0. The van der Waals surface area contributed by atoms with E-state index in [0.29, 0.717) is 44.5 Å². The molecule has 414 valence electrons. The molecule has 0 radical (unpaired) electrons. The van der Waals surface area contributed by atoms with Gasteiger partial charge in [-0.1, -0.05) is 36.4 Å². The first-order valence-electron chi connectivity index (χ1n) is 30.0. The van der Waals surface area contributed by atoms with Crippen LogP contribution in [0.5, 0.6) is 17.2 Å². The van der Waals surface area contributed by atoms with Gasteiger partial charge in [0.25, 0.3) is 0 Å². The molecule has 0 aromatic heterocycles. The summed E-state index contributed by atoms with van der Waals surface area (Å²) in [6.45, 7) is 4.22. The number of esters is 3. The molecule has 11 aliphatic rings. The second kappa shape index (κ2) is 24.0. The molecule has 11 fully saturated rings. The number of carbonyl (C=O) groups excluding carboxylic acids is 3. The molecular weight excluding hydrogens is 1030 g/mol. The van der Waals surface area contributed by atoms with Gasteiger partial charge in [-0.25, -0.2) is 9.59 Å². The van der Waals surface area contributed by atoms with Crippen LogP contribution in [-0.4, -0.2) is 78.9 Å². The maximum Gasteiger partial charge on any atom is 0.344 e. The molecule has 0 atom stereocenters. The molecular formula is C67H83O8S3+3. The molecule has 0 amide bonds. The zero-order chi connectivity index (χ0) is 53.3.